The average Bonchev–Trinajstić information content (AvgIpc) is 0.958. The van der Waals surface area contributed by atoms with Gasteiger partial charge in [-0.15, -0.1) is 0 Å². The van der Waals surface area contributed by atoms with E-state index in [-0.39, 0.29) is 25.7 Å². The molecule has 0 aromatic rings. The second kappa shape index (κ2) is 72.3. The Balaban J connectivity index is 5.23. The van der Waals surface area contributed by atoms with Crippen LogP contribution in [0.5, 0.6) is 0 Å². The fourth-order valence-corrected chi connectivity index (χ4v) is 14.2. The van der Waals surface area contributed by atoms with E-state index >= 15 is 0 Å². The van der Waals surface area contributed by atoms with Gasteiger partial charge in [0.2, 0.25) is 0 Å². The van der Waals surface area contributed by atoms with Crippen molar-refractivity contribution in [2.24, 2.45) is 17.8 Å². The molecule has 17 nitrogen and oxygen atoms in total. The van der Waals surface area contributed by atoms with Crippen molar-refractivity contribution in [3.05, 3.63) is 0 Å². The van der Waals surface area contributed by atoms with Crippen molar-refractivity contribution < 1.29 is 80.2 Å². The number of carbonyl (C=O) groups excluding carboxylic acids is 4. The number of hydrogen-bond acceptors (Lipinski definition) is 15. The van der Waals surface area contributed by atoms with E-state index in [9.17, 15) is 43.2 Å². The molecule has 7 atom stereocenters. The van der Waals surface area contributed by atoms with E-state index in [0.29, 0.717) is 31.6 Å². The molecule has 600 valence electrons. The Kier molecular flexibility index (Phi) is 70.9. The van der Waals surface area contributed by atoms with Gasteiger partial charge in [-0.05, 0) is 43.4 Å². The van der Waals surface area contributed by atoms with Gasteiger partial charge >= 0.3 is 39.5 Å². The van der Waals surface area contributed by atoms with Crippen LogP contribution in [0, 0.1) is 17.8 Å². The van der Waals surface area contributed by atoms with Crippen LogP contribution in [0.25, 0.3) is 0 Å². The number of rotatable bonds is 80. The minimum absolute atomic E-state index is 0.105. The van der Waals surface area contributed by atoms with E-state index in [4.69, 9.17) is 37.0 Å². The zero-order valence-electron chi connectivity index (χ0n) is 66.4. The highest BCUT2D eigenvalue weighted by Crippen LogP contribution is 2.45. The van der Waals surface area contributed by atoms with E-state index in [2.05, 4.69) is 48.5 Å². The summed E-state index contributed by atoms with van der Waals surface area (Å²) in [5, 5.41) is 10.6. The van der Waals surface area contributed by atoms with Crippen molar-refractivity contribution in [1.82, 2.24) is 0 Å². The highest BCUT2D eigenvalue weighted by molar-refractivity contribution is 7.47. The lowest BCUT2D eigenvalue weighted by molar-refractivity contribution is -0.161. The van der Waals surface area contributed by atoms with E-state index in [1.165, 1.54) is 231 Å². The molecule has 0 aliphatic heterocycles. The van der Waals surface area contributed by atoms with E-state index in [1.54, 1.807) is 0 Å². The molecule has 0 heterocycles. The molecule has 0 spiro atoms. The first-order valence-corrected chi connectivity index (χ1v) is 45.4. The van der Waals surface area contributed by atoms with Crippen LogP contribution in [0.4, 0.5) is 0 Å². The third kappa shape index (κ3) is 73.4. The largest absolute Gasteiger partial charge is 0.472 e. The van der Waals surface area contributed by atoms with Gasteiger partial charge in [0.15, 0.2) is 12.2 Å². The van der Waals surface area contributed by atoms with Gasteiger partial charge in [0.05, 0.1) is 26.4 Å². The molecule has 0 fully saturated rings. The van der Waals surface area contributed by atoms with Crippen LogP contribution < -0.4 is 0 Å². The predicted molar refractivity (Wildman–Crippen MR) is 414 cm³/mol. The monoisotopic (exact) mass is 1480 g/mol. The van der Waals surface area contributed by atoms with E-state index in [0.717, 1.165) is 108 Å². The average molecular weight is 1480 g/mol. The molecule has 0 saturated carbocycles. The number of phosphoric acid groups is 2. The maximum Gasteiger partial charge on any atom is 0.472 e. The molecule has 0 aliphatic rings. The van der Waals surface area contributed by atoms with Gasteiger partial charge in [-0.2, -0.15) is 0 Å². The summed E-state index contributed by atoms with van der Waals surface area (Å²) in [5.74, 6) is 0.220. The zero-order valence-corrected chi connectivity index (χ0v) is 68.2. The Bertz CT molecular complexity index is 1960. The van der Waals surface area contributed by atoms with E-state index < -0.39 is 97.5 Å². The molecule has 0 saturated heterocycles. The minimum Gasteiger partial charge on any atom is -0.462 e. The molecule has 0 aromatic carbocycles. The number of esters is 4. The number of carbonyl (C=O) groups is 4. The first-order valence-electron chi connectivity index (χ1n) is 42.4. The lowest BCUT2D eigenvalue weighted by atomic mass is 9.99. The van der Waals surface area contributed by atoms with Gasteiger partial charge in [-0.25, -0.2) is 9.13 Å². The summed E-state index contributed by atoms with van der Waals surface area (Å²) in [6.07, 6.45) is 61.2. The number of phosphoric ester groups is 2. The van der Waals surface area contributed by atoms with Crippen molar-refractivity contribution in [3.63, 3.8) is 0 Å². The molecule has 3 N–H and O–H groups in total. The van der Waals surface area contributed by atoms with Gasteiger partial charge in [0.1, 0.15) is 19.3 Å². The quantitative estimate of drug-likeness (QED) is 0.0222. The minimum atomic E-state index is -4.96. The summed E-state index contributed by atoms with van der Waals surface area (Å²) < 4.78 is 68.7. The van der Waals surface area contributed by atoms with Crippen LogP contribution in [0.3, 0.4) is 0 Å². The second-order valence-corrected chi connectivity index (χ2v) is 33.4. The highest BCUT2D eigenvalue weighted by Gasteiger charge is 2.30. The molecular formula is C82H160O17P2. The molecule has 101 heavy (non-hydrogen) atoms. The van der Waals surface area contributed by atoms with Crippen LogP contribution in [0.1, 0.15) is 427 Å². The number of unbranched alkanes of at least 4 members (excludes halogenated alkanes) is 46. The van der Waals surface area contributed by atoms with Crippen LogP contribution >= 0.6 is 15.6 Å². The van der Waals surface area contributed by atoms with Crippen LogP contribution in [-0.4, -0.2) is 96.7 Å². The van der Waals surface area contributed by atoms with Gasteiger partial charge in [0.25, 0.3) is 0 Å². The Morgan fingerprint density at radius 3 is 0.752 bits per heavy atom. The van der Waals surface area contributed by atoms with Crippen LogP contribution in [-0.2, 0) is 65.4 Å². The standard InChI is InChI=1S/C82H160O17P2/c1-8-11-12-13-14-15-16-17-18-19-20-21-22-23-28-31-37-42-51-58-65-81(86)98-77(69-92-79(84)63-56-49-41-36-30-27-25-24-26-29-34-39-47-54-61-74(6)9-2)71-96-100(88,89)94-67-76(83)68-95-101(90,91)97-72-78(70-93-80(85)64-57-50-45-44-46-53-60-73(4)5)99-82(87)66-59-52-43-38-33-32-35-40-48-55-62-75(7)10-3/h73-78,83H,8-72H2,1-7H3,(H,88,89)(H,90,91)/t74?,75?,76-,77-,78-/m1/s1. The first kappa shape index (κ1) is 99.1. The molecule has 0 amide bonds. The smallest absolute Gasteiger partial charge is 0.462 e. The van der Waals surface area contributed by atoms with Crippen molar-refractivity contribution in [1.29, 1.82) is 0 Å². The summed E-state index contributed by atoms with van der Waals surface area (Å²) >= 11 is 0. The molecule has 4 unspecified atom stereocenters. The molecule has 0 aromatic heterocycles. The van der Waals surface area contributed by atoms with E-state index in [1.807, 2.05) is 0 Å². The SMILES string of the molecule is CCCCCCCCCCCCCCCCCCCCCCC(=O)O[C@H](COC(=O)CCCCCCCCCCCCCCCCC(C)CC)COP(=O)(O)OC[C@@H](O)COP(=O)(O)OC[C@@H](COC(=O)CCCCCCCCC(C)C)OC(=O)CCCCCCCCCCCCC(C)CC. The van der Waals surface area contributed by atoms with Gasteiger partial charge in [-0.3, -0.25) is 37.3 Å². The number of aliphatic hydroxyl groups is 1. The summed E-state index contributed by atoms with van der Waals surface area (Å²) in [6.45, 7) is 11.9. The van der Waals surface area contributed by atoms with Crippen LogP contribution in [0.2, 0.25) is 0 Å². The fraction of sp³-hybridized carbons (Fsp3) is 0.951. The first-order chi connectivity index (χ1) is 48.8. The summed E-state index contributed by atoms with van der Waals surface area (Å²) in [6, 6.07) is 0. The lowest BCUT2D eigenvalue weighted by Gasteiger charge is -2.21. The van der Waals surface area contributed by atoms with Gasteiger partial charge in [-0.1, -0.05) is 376 Å². The fourth-order valence-electron chi connectivity index (χ4n) is 12.6. The Hall–Kier alpha value is -1.94. The Labute approximate surface area is 619 Å². The second-order valence-electron chi connectivity index (χ2n) is 30.5. The molecule has 0 bridgehead atoms. The van der Waals surface area contributed by atoms with Crippen molar-refractivity contribution in [2.75, 3.05) is 39.6 Å². The van der Waals surface area contributed by atoms with Crippen molar-refractivity contribution in [2.45, 2.75) is 446 Å². The maximum atomic E-state index is 13.1. The molecular weight excluding hydrogens is 1320 g/mol. The number of aliphatic hydroxyl groups excluding tert-OH is 1. The molecule has 0 aliphatic carbocycles. The lowest BCUT2D eigenvalue weighted by Crippen LogP contribution is -2.30. The Morgan fingerprint density at radius 2 is 0.505 bits per heavy atom. The maximum absolute atomic E-state index is 13.1. The highest BCUT2D eigenvalue weighted by atomic mass is 31.2. The molecule has 19 heteroatoms. The predicted octanol–water partition coefficient (Wildman–Crippen LogP) is 24.5. The summed E-state index contributed by atoms with van der Waals surface area (Å²) in [5.41, 5.74) is 0. The third-order valence-corrected chi connectivity index (χ3v) is 21.8. The topological polar surface area (TPSA) is 237 Å². The number of ether oxygens (including phenoxy) is 4. The normalized spacial score (nSPS) is 14.5. The zero-order chi connectivity index (χ0) is 74.4. The Morgan fingerprint density at radius 1 is 0.287 bits per heavy atom. The van der Waals surface area contributed by atoms with Gasteiger partial charge < -0.3 is 33.8 Å². The molecule has 0 rings (SSSR count). The van der Waals surface area contributed by atoms with Crippen molar-refractivity contribution >= 4 is 39.5 Å². The third-order valence-electron chi connectivity index (χ3n) is 19.9. The summed E-state index contributed by atoms with van der Waals surface area (Å²) in [4.78, 5) is 73.0. The van der Waals surface area contributed by atoms with Crippen LogP contribution in [0.15, 0.2) is 0 Å². The van der Waals surface area contributed by atoms with Gasteiger partial charge in [0, 0.05) is 25.7 Å². The molecule has 0 radical (unpaired) electrons. The summed E-state index contributed by atoms with van der Waals surface area (Å²) in [7, 11) is -9.92. The number of hydrogen-bond donors (Lipinski definition) is 3. The van der Waals surface area contributed by atoms with Crippen molar-refractivity contribution in [3.8, 4) is 0 Å².